The number of likely N-dealkylation sites (tertiary alicyclic amines) is 2. The van der Waals surface area contributed by atoms with Crippen LogP contribution in [0, 0.1) is 0 Å². The van der Waals surface area contributed by atoms with Crippen LogP contribution in [0.5, 0.6) is 5.75 Å². The van der Waals surface area contributed by atoms with Crippen LogP contribution in [0.4, 0.5) is 5.82 Å². The van der Waals surface area contributed by atoms with E-state index in [0.29, 0.717) is 37.4 Å². The molecule has 0 radical (unpaired) electrons. The van der Waals surface area contributed by atoms with Crippen molar-refractivity contribution in [2.75, 3.05) is 32.1 Å². The average Bonchev–Trinajstić information content (AvgIpc) is 3.24. The zero-order valence-electron chi connectivity index (χ0n) is 15.1. The van der Waals surface area contributed by atoms with Crippen LogP contribution in [-0.4, -0.2) is 64.4 Å². The molecule has 5 rings (SSSR count). The minimum atomic E-state index is -0.178. The van der Waals surface area contributed by atoms with E-state index in [0.717, 1.165) is 37.9 Å². The van der Waals surface area contributed by atoms with Crippen molar-refractivity contribution in [3.05, 3.63) is 17.8 Å². The van der Waals surface area contributed by atoms with Crippen molar-refractivity contribution in [2.45, 2.75) is 49.6 Å². The fraction of sp³-hybridized carbons (Fsp3) is 0.632. The van der Waals surface area contributed by atoms with Gasteiger partial charge < -0.3 is 19.9 Å². The highest BCUT2D eigenvalue weighted by atomic mass is 16.5. The molecule has 1 N–H and O–H groups in total. The predicted octanol–water partition coefficient (Wildman–Crippen LogP) is 1.65. The number of nitrogens with zero attached hydrogens (tertiary/aromatic N) is 3. The number of hydrogen-bond donors (Lipinski definition) is 1. The number of fused-ring (bicyclic) bond motifs is 1. The zero-order chi connectivity index (χ0) is 17.9. The van der Waals surface area contributed by atoms with Crippen LogP contribution < -0.4 is 10.1 Å². The molecule has 4 aliphatic rings. The molecule has 1 aliphatic carbocycles. The Morgan fingerprint density at radius 3 is 2.85 bits per heavy atom. The third-order valence-electron chi connectivity index (χ3n) is 6.68. The monoisotopic (exact) mass is 356 g/mol. The fourth-order valence-electron chi connectivity index (χ4n) is 4.59. The molecule has 1 saturated carbocycles. The first-order valence-electron chi connectivity index (χ1n) is 9.47. The summed E-state index contributed by atoms with van der Waals surface area (Å²) < 4.78 is 5.85. The summed E-state index contributed by atoms with van der Waals surface area (Å²) >= 11 is 0. The molecule has 1 aromatic rings. The van der Waals surface area contributed by atoms with E-state index in [1.807, 2.05) is 22.9 Å². The topological polar surface area (TPSA) is 74.8 Å². The Morgan fingerprint density at radius 2 is 2.12 bits per heavy atom. The van der Waals surface area contributed by atoms with Crippen molar-refractivity contribution in [1.29, 1.82) is 0 Å². The highest BCUT2D eigenvalue weighted by Gasteiger charge is 2.49. The van der Waals surface area contributed by atoms with E-state index in [9.17, 15) is 9.59 Å². The lowest BCUT2D eigenvalue weighted by atomic mass is 9.96. The summed E-state index contributed by atoms with van der Waals surface area (Å²) in [5, 5.41) is 3.49. The van der Waals surface area contributed by atoms with Crippen LogP contribution in [0.2, 0.25) is 0 Å². The Bertz CT molecular complexity index is 791. The minimum Gasteiger partial charge on any atom is -0.490 e. The summed E-state index contributed by atoms with van der Waals surface area (Å²) in [6.45, 7) is 1.93. The van der Waals surface area contributed by atoms with Crippen molar-refractivity contribution >= 4 is 17.6 Å². The Labute approximate surface area is 152 Å². The Morgan fingerprint density at radius 1 is 1.27 bits per heavy atom. The van der Waals surface area contributed by atoms with Gasteiger partial charge in [-0.25, -0.2) is 4.98 Å². The third-order valence-corrected chi connectivity index (χ3v) is 6.68. The molecular weight excluding hydrogens is 332 g/mol. The van der Waals surface area contributed by atoms with E-state index in [4.69, 9.17) is 4.74 Å². The summed E-state index contributed by atoms with van der Waals surface area (Å²) in [4.78, 5) is 33.1. The summed E-state index contributed by atoms with van der Waals surface area (Å²) in [6.07, 6.45) is 7.19. The number of carbonyl (C=O) groups excluding carboxylic acids is 2. The lowest BCUT2D eigenvalue weighted by molar-refractivity contribution is -0.129. The zero-order valence-corrected chi connectivity index (χ0v) is 15.1. The second-order valence-electron chi connectivity index (χ2n) is 8.23. The molecule has 2 spiro atoms. The molecule has 0 aromatic carbocycles. The highest BCUT2D eigenvalue weighted by molar-refractivity contribution is 5.95. The number of pyridine rings is 1. The van der Waals surface area contributed by atoms with E-state index in [-0.39, 0.29) is 22.9 Å². The van der Waals surface area contributed by atoms with Gasteiger partial charge in [-0.05, 0) is 31.7 Å². The second-order valence-corrected chi connectivity index (χ2v) is 8.23. The van der Waals surface area contributed by atoms with Crippen LogP contribution in [0.3, 0.4) is 0 Å². The number of hydrogen-bond acceptors (Lipinski definition) is 5. The van der Waals surface area contributed by atoms with Crippen LogP contribution in [0.15, 0.2) is 12.3 Å². The van der Waals surface area contributed by atoms with Gasteiger partial charge in [0, 0.05) is 44.7 Å². The van der Waals surface area contributed by atoms with Gasteiger partial charge in [0.2, 0.25) is 5.91 Å². The molecular formula is C19H24N4O3. The second kappa shape index (κ2) is 5.34. The first-order chi connectivity index (χ1) is 12.5. The smallest absolute Gasteiger partial charge is 0.255 e. The first-order valence-corrected chi connectivity index (χ1v) is 9.47. The van der Waals surface area contributed by atoms with Gasteiger partial charge in [0.1, 0.15) is 0 Å². The number of amides is 2. The van der Waals surface area contributed by atoms with Crippen molar-refractivity contribution in [3.8, 4) is 5.75 Å². The number of carbonyl (C=O) groups is 2. The lowest BCUT2D eigenvalue weighted by Gasteiger charge is -2.31. The number of ether oxygens (including phenoxy) is 1. The number of likely N-dealkylation sites (N-methyl/N-ethyl adjacent to an activating group) is 1. The Balaban J connectivity index is 1.35. The minimum absolute atomic E-state index is 0.0288. The maximum Gasteiger partial charge on any atom is 0.255 e. The molecule has 7 heteroatoms. The molecule has 0 bridgehead atoms. The van der Waals surface area contributed by atoms with Gasteiger partial charge in [-0.3, -0.25) is 9.59 Å². The number of aromatic nitrogens is 1. The molecule has 3 aliphatic heterocycles. The molecule has 1 atom stereocenters. The maximum atomic E-state index is 13.0. The summed E-state index contributed by atoms with van der Waals surface area (Å²) in [5.74, 6) is 1.57. The van der Waals surface area contributed by atoms with Crippen LogP contribution >= 0.6 is 0 Å². The summed E-state index contributed by atoms with van der Waals surface area (Å²) in [5.41, 5.74) is 0.536. The summed E-state index contributed by atoms with van der Waals surface area (Å²) in [6, 6.07) is 1.81. The summed E-state index contributed by atoms with van der Waals surface area (Å²) in [7, 11) is 1.86. The largest absolute Gasteiger partial charge is 0.490 e. The Hall–Kier alpha value is -2.31. The van der Waals surface area contributed by atoms with Gasteiger partial charge in [0.05, 0.1) is 17.7 Å². The van der Waals surface area contributed by atoms with Gasteiger partial charge >= 0.3 is 0 Å². The molecule has 0 unspecified atom stereocenters. The molecule has 7 nitrogen and oxygen atoms in total. The van der Waals surface area contributed by atoms with Crippen LogP contribution in [-0.2, 0) is 4.79 Å². The Kier molecular flexibility index (Phi) is 3.27. The molecule has 3 fully saturated rings. The van der Waals surface area contributed by atoms with E-state index in [1.54, 1.807) is 6.20 Å². The molecule has 4 heterocycles. The molecule has 2 amide bonds. The van der Waals surface area contributed by atoms with E-state index in [2.05, 4.69) is 10.3 Å². The lowest BCUT2D eigenvalue weighted by Crippen LogP contribution is -2.46. The standard InChI is InChI=1S/C19H24N4O3/c1-22-15(24)2-3-19(22)6-8-23(12-19)17(25)13-10-14-16(20-11-13)21-18(4-5-18)7-9-26-14/h10-11H,2-9,12H2,1H3,(H,20,21)/t19-/m1/s1. The highest BCUT2D eigenvalue weighted by Crippen LogP contribution is 2.45. The number of nitrogens with one attached hydrogen (secondary N) is 1. The van der Waals surface area contributed by atoms with Gasteiger partial charge in [0.15, 0.2) is 11.6 Å². The normalized spacial score (nSPS) is 28.7. The SMILES string of the molecule is CN1C(=O)CC[C@]12CCN(C(=O)c1cnc3c(c1)OCCC1(CC1)N3)C2. The van der Waals surface area contributed by atoms with Gasteiger partial charge in [-0.2, -0.15) is 0 Å². The van der Waals surface area contributed by atoms with Crippen molar-refractivity contribution in [1.82, 2.24) is 14.8 Å². The van der Waals surface area contributed by atoms with Gasteiger partial charge in [-0.1, -0.05) is 0 Å². The average molecular weight is 356 g/mol. The van der Waals surface area contributed by atoms with Crippen LogP contribution in [0.25, 0.3) is 0 Å². The van der Waals surface area contributed by atoms with E-state index in [1.165, 1.54) is 0 Å². The van der Waals surface area contributed by atoms with Gasteiger partial charge in [0.25, 0.3) is 5.91 Å². The first kappa shape index (κ1) is 15.9. The van der Waals surface area contributed by atoms with E-state index >= 15 is 0 Å². The molecule has 1 aromatic heterocycles. The quantitative estimate of drug-likeness (QED) is 0.828. The fourth-order valence-corrected chi connectivity index (χ4v) is 4.59. The number of rotatable bonds is 1. The molecule has 2 saturated heterocycles. The third kappa shape index (κ3) is 2.36. The van der Waals surface area contributed by atoms with Crippen LogP contribution in [0.1, 0.15) is 48.9 Å². The van der Waals surface area contributed by atoms with Crippen molar-refractivity contribution in [2.24, 2.45) is 0 Å². The van der Waals surface area contributed by atoms with Gasteiger partial charge in [-0.15, -0.1) is 0 Å². The predicted molar refractivity (Wildman–Crippen MR) is 95.2 cm³/mol. The maximum absolute atomic E-state index is 13.0. The van der Waals surface area contributed by atoms with Crippen molar-refractivity contribution < 1.29 is 14.3 Å². The van der Waals surface area contributed by atoms with Crippen molar-refractivity contribution in [3.63, 3.8) is 0 Å². The molecule has 26 heavy (non-hydrogen) atoms. The number of anilines is 1. The molecule has 138 valence electrons. The van der Waals surface area contributed by atoms with E-state index < -0.39 is 0 Å².